The van der Waals surface area contributed by atoms with Crippen molar-refractivity contribution in [2.24, 2.45) is 0 Å². The van der Waals surface area contributed by atoms with Crippen LogP contribution in [0.2, 0.25) is 0 Å². The van der Waals surface area contributed by atoms with Gasteiger partial charge in [-0.2, -0.15) is 5.48 Å². The summed E-state index contributed by atoms with van der Waals surface area (Å²) < 4.78 is 0. The van der Waals surface area contributed by atoms with Crippen LogP contribution in [0.4, 0.5) is 0 Å². The Hall–Kier alpha value is -0.380. The van der Waals surface area contributed by atoms with Gasteiger partial charge in [-0.15, -0.1) is 11.3 Å². The second-order valence-electron chi connectivity index (χ2n) is 2.05. The summed E-state index contributed by atoms with van der Waals surface area (Å²) in [7, 11) is 1.63. The first-order chi connectivity index (χ1) is 4.84. The van der Waals surface area contributed by atoms with Crippen molar-refractivity contribution in [3.05, 3.63) is 21.9 Å². The molecule has 0 fully saturated rings. The predicted molar refractivity (Wildman–Crippen MR) is 42.9 cm³/mol. The number of aryl methyl sites for hydroxylation is 1. The van der Waals surface area contributed by atoms with E-state index >= 15 is 0 Å². The molecule has 0 bridgehead atoms. The Morgan fingerprint density at radius 3 is 3.00 bits per heavy atom. The van der Waals surface area contributed by atoms with Gasteiger partial charge >= 0.3 is 0 Å². The molecule has 2 nitrogen and oxygen atoms in total. The van der Waals surface area contributed by atoms with E-state index in [-0.39, 0.29) is 0 Å². The lowest BCUT2D eigenvalue weighted by atomic mass is 10.3. The van der Waals surface area contributed by atoms with Gasteiger partial charge in [0.05, 0.1) is 13.7 Å². The monoisotopic (exact) mass is 157 g/mol. The Morgan fingerprint density at radius 2 is 2.50 bits per heavy atom. The SMILES string of the molecule is CONCc1sccc1C. The second kappa shape index (κ2) is 3.71. The summed E-state index contributed by atoms with van der Waals surface area (Å²) >= 11 is 1.75. The topological polar surface area (TPSA) is 21.3 Å². The lowest BCUT2D eigenvalue weighted by molar-refractivity contribution is 0.0873. The van der Waals surface area contributed by atoms with Gasteiger partial charge in [0.15, 0.2) is 0 Å². The average Bonchev–Trinajstić information content (AvgIpc) is 2.31. The minimum absolute atomic E-state index is 0.806. The summed E-state index contributed by atoms with van der Waals surface area (Å²) in [6.45, 7) is 2.91. The first kappa shape index (κ1) is 7.72. The number of hydrogen-bond acceptors (Lipinski definition) is 3. The highest BCUT2D eigenvalue weighted by atomic mass is 32.1. The minimum Gasteiger partial charge on any atom is -0.305 e. The van der Waals surface area contributed by atoms with Gasteiger partial charge in [-0.3, -0.25) is 0 Å². The molecule has 0 amide bonds. The number of rotatable bonds is 3. The number of nitrogens with one attached hydrogen (secondary N) is 1. The zero-order valence-corrected chi connectivity index (χ0v) is 6.99. The van der Waals surface area contributed by atoms with Crippen LogP contribution in [-0.4, -0.2) is 7.11 Å². The van der Waals surface area contributed by atoms with Crippen LogP contribution in [-0.2, 0) is 11.4 Å². The molecule has 1 heterocycles. The standard InChI is InChI=1S/C7H11NOS/c1-6-3-4-10-7(6)5-8-9-2/h3-4,8H,5H2,1-2H3. The van der Waals surface area contributed by atoms with Crippen molar-refractivity contribution in [2.75, 3.05) is 7.11 Å². The minimum atomic E-state index is 0.806. The lowest BCUT2D eigenvalue weighted by Gasteiger charge is -1.98. The largest absolute Gasteiger partial charge is 0.305 e. The molecule has 0 saturated carbocycles. The zero-order chi connectivity index (χ0) is 7.40. The van der Waals surface area contributed by atoms with Crippen molar-refractivity contribution < 1.29 is 4.84 Å². The van der Waals surface area contributed by atoms with Crippen molar-refractivity contribution in [3.63, 3.8) is 0 Å². The van der Waals surface area contributed by atoms with Crippen LogP contribution >= 0.6 is 11.3 Å². The quantitative estimate of drug-likeness (QED) is 0.674. The van der Waals surface area contributed by atoms with Crippen molar-refractivity contribution in [1.29, 1.82) is 0 Å². The molecule has 0 aromatic carbocycles. The Balaban J connectivity index is 2.49. The molecule has 0 aliphatic carbocycles. The summed E-state index contributed by atoms with van der Waals surface area (Å²) in [5.74, 6) is 0. The van der Waals surface area contributed by atoms with Gasteiger partial charge in [-0.25, -0.2) is 0 Å². The van der Waals surface area contributed by atoms with Crippen LogP contribution in [0.3, 0.4) is 0 Å². The van der Waals surface area contributed by atoms with E-state index in [0.29, 0.717) is 0 Å². The normalized spacial score (nSPS) is 10.2. The molecule has 0 spiro atoms. The third kappa shape index (κ3) is 1.80. The van der Waals surface area contributed by atoms with E-state index in [9.17, 15) is 0 Å². The van der Waals surface area contributed by atoms with E-state index in [1.54, 1.807) is 18.4 Å². The highest BCUT2D eigenvalue weighted by molar-refractivity contribution is 7.10. The van der Waals surface area contributed by atoms with E-state index in [2.05, 4.69) is 23.9 Å². The van der Waals surface area contributed by atoms with Gasteiger partial charge in [0.1, 0.15) is 0 Å². The summed E-state index contributed by atoms with van der Waals surface area (Å²) in [5, 5.41) is 2.09. The van der Waals surface area contributed by atoms with Gasteiger partial charge < -0.3 is 4.84 Å². The van der Waals surface area contributed by atoms with Crippen LogP contribution < -0.4 is 5.48 Å². The molecule has 1 rings (SSSR count). The molecule has 0 radical (unpaired) electrons. The Kier molecular flexibility index (Phi) is 2.86. The molecule has 0 saturated heterocycles. The summed E-state index contributed by atoms with van der Waals surface area (Å²) in [6, 6.07) is 2.11. The van der Waals surface area contributed by atoms with Gasteiger partial charge in [0, 0.05) is 4.88 Å². The highest BCUT2D eigenvalue weighted by Crippen LogP contribution is 2.14. The van der Waals surface area contributed by atoms with Crippen molar-refractivity contribution in [2.45, 2.75) is 13.5 Å². The van der Waals surface area contributed by atoms with E-state index in [0.717, 1.165) is 6.54 Å². The van der Waals surface area contributed by atoms with Gasteiger partial charge in [-0.05, 0) is 23.9 Å². The Labute approximate surface area is 64.8 Å². The molecule has 1 N–H and O–H groups in total. The molecule has 10 heavy (non-hydrogen) atoms. The van der Waals surface area contributed by atoms with E-state index in [4.69, 9.17) is 4.84 Å². The maximum absolute atomic E-state index is 4.73. The van der Waals surface area contributed by atoms with Crippen molar-refractivity contribution in [3.8, 4) is 0 Å². The third-order valence-electron chi connectivity index (χ3n) is 1.35. The van der Waals surface area contributed by atoms with Crippen LogP contribution in [0.25, 0.3) is 0 Å². The first-order valence-corrected chi connectivity index (χ1v) is 4.01. The fourth-order valence-electron chi connectivity index (χ4n) is 0.723. The van der Waals surface area contributed by atoms with E-state index < -0.39 is 0 Å². The van der Waals surface area contributed by atoms with Crippen molar-refractivity contribution in [1.82, 2.24) is 5.48 Å². The molecule has 0 atom stereocenters. The van der Waals surface area contributed by atoms with Crippen LogP contribution in [0.1, 0.15) is 10.4 Å². The number of thiophene rings is 1. The summed E-state index contributed by atoms with van der Waals surface area (Å²) in [5.41, 5.74) is 4.13. The van der Waals surface area contributed by atoms with Gasteiger partial charge in [0.2, 0.25) is 0 Å². The van der Waals surface area contributed by atoms with Gasteiger partial charge in [-0.1, -0.05) is 0 Å². The third-order valence-corrected chi connectivity index (χ3v) is 2.37. The van der Waals surface area contributed by atoms with Crippen LogP contribution in [0.15, 0.2) is 11.4 Å². The van der Waals surface area contributed by atoms with E-state index in [1.165, 1.54) is 10.4 Å². The fourth-order valence-corrected chi connectivity index (χ4v) is 1.56. The Bertz CT molecular complexity index is 197. The molecule has 1 aromatic rings. The van der Waals surface area contributed by atoms with E-state index in [1.807, 2.05) is 0 Å². The molecular weight excluding hydrogens is 146 g/mol. The zero-order valence-electron chi connectivity index (χ0n) is 6.18. The Morgan fingerprint density at radius 1 is 1.70 bits per heavy atom. The summed E-state index contributed by atoms with van der Waals surface area (Å²) in [6.07, 6.45) is 0. The van der Waals surface area contributed by atoms with Gasteiger partial charge in [0.25, 0.3) is 0 Å². The molecule has 56 valence electrons. The predicted octanol–water partition coefficient (Wildman–Crippen LogP) is 1.71. The molecular formula is C7H11NOS. The fraction of sp³-hybridized carbons (Fsp3) is 0.429. The van der Waals surface area contributed by atoms with Crippen LogP contribution in [0.5, 0.6) is 0 Å². The van der Waals surface area contributed by atoms with Crippen molar-refractivity contribution >= 4 is 11.3 Å². The maximum atomic E-state index is 4.73. The average molecular weight is 157 g/mol. The number of hydrogen-bond donors (Lipinski definition) is 1. The first-order valence-electron chi connectivity index (χ1n) is 3.13. The smallest absolute Gasteiger partial charge is 0.0572 e. The lowest BCUT2D eigenvalue weighted by Crippen LogP contribution is -2.09. The molecule has 0 aliphatic heterocycles. The molecule has 3 heteroatoms. The molecule has 0 aliphatic rings. The number of hydroxylamine groups is 1. The molecule has 1 aromatic heterocycles. The highest BCUT2D eigenvalue weighted by Gasteiger charge is 1.96. The molecule has 0 unspecified atom stereocenters. The maximum Gasteiger partial charge on any atom is 0.0572 e. The second-order valence-corrected chi connectivity index (χ2v) is 3.05. The summed E-state index contributed by atoms with van der Waals surface area (Å²) in [4.78, 5) is 6.06. The van der Waals surface area contributed by atoms with Crippen LogP contribution in [0, 0.1) is 6.92 Å².